The first-order valence-electron chi connectivity index (χ1n) is 7.33. The highest BCUT2D eigenvalue weighted by Gasteiger charge is 2.05. The number of benzene rings is 2. The number of aryl methyl sites for hydroxylation is 2. The van der Waals surface area contributed by atoms with E-state index < -0.39 is 0 Å². The molecule has 2 aromatic carbocycles. The fraction of sp³-hybridized carbons (Fsp3) is 0.278. The molecule has 1 amide bonds. The molecule has 0 aliphatic rings. The van der Waals surface area contributed by atoms with Gasteiger partial charge in [-0.25, -0.2) is 0 Å². The minimum absolute atomic E-state index is 0.00218. The molecule has 2 N–H and O–H groups in total. The first-order chi connectivity index (χ1) is 10.6. The molecule has 2 aromatic rings. The van der Waals surface area contributed by atoms with Crippen LogP contribution in [0.5, 0.6) is 5.75 Å². The number of carbonyl (C=O) groups is 1. The molecule has 0 aromatic heterocycles. The van der Waals surface area contributed by atoms with Crippen LogP contribution in [-0.2, 0) is 4.79 Å². The fourth-order valence-electron chi connectivity index (χ4n) is 2.22. The molecule has 0 unspecified atom stereocenters. The summed E-state index contributed by atoms with van der Waals surface area (Å²) < 4.78 is 5.16. The molecule has 0 radical (unpaired) electrons. The average Bonchev–Trinajstić information content (AvgIpc) is 2.50. The molecule has 2 rings (SSSR count). The number of hydrogen-bond acceptors (Lipinski definition) is 3. The van der Waals surface area contributed by atoms with E-state index in [4.69, 9.17) is 4.74 Å². The van der Waals surface area contributed by atoms with E-state index in [1.54, 1.807) is 7.11 Å². The summed E-state index contributed by atoms with van der Waals surface area (Å²) >= 11 is 0. The van der Waals surface area contributed by atoms with Crippen LogP contribution in [0.2, 0.25) is 0 Å². The summed E-state index contributed by atoms with van der Waals surface area (Å²) in [4.78, 5) is 12.0. The number of rotatable bonds is 6. The van der Waals surface area contributed by atoms with E-state index in [-0.39, 0.29) is 5.91 Å². The van der Waals surface area contributed by atoms with Crippen LogP contribution in [0.1, 0.15) is 17.5 Å². The van der Waals surface area contributed by atoms with Crippen molar-refractivity contribution in [3.63, 3.8) is 0 Å². The molecule has 0 saturated carbocycles. The summed E-state index contributed by atoms with van der Waals surface area (Å²) in [6, 6.07) is 13.7. The monoisotopic (exact) mass is 298 g/mol. The maximum atomic E-state index is 12.0. The second-order valence-electron chi connectivity index (χ2n) is 5.28. The Balaban J connectivity index is 1.82. The van der Waals surface area contributed by atoms with E-state index in [2.05, 4.69) is 16.7 Å². The van der Waals surface area contributed by atoms with Gasteiger partial charge in [-0.1, -0.05) is 23.8 Å². The standard InChI is InChI=1S/C18H22N2O2/c1-13-7-8-17(14(2)11-13)20-18(21)9-10-19-15-5-4-6-16(12-15)22-3/h4-8,11-12,19H,9-10H2,1-3H3,(H,20,21). The molecule has 116 valence electrons. The van der Waals surface area contributed by atoms with Crippen LogP contribution < -0.4 is 15.4 Å². The van der Waals surface area contributed by atoms with Crippen molar-refractivity contribution >= 4 is 17.3 Å². The van der Waals surface area contributed by atoms with Crippen molar-refractivity contribution in [3.8, 4) is 5.75 Å². The van der Waals surface area contributed by atoms with E-state index in [0.717, 1.165) is 22.7 Å². The third-order valence-corrected chi connectivity index (χ3v) is 3.41. The molecule has 0 heterocycles. The van der Waals surface area contributed by atoms with Gasteiger partial charge in [-0.2, -0.15) is 0 Å². The van der Waals surface area contributed by atoms with Crippen molar-refractivity contribution in [2.24, 2.45) is 0 Å². The van der Waals surface area contributed by atoms with Crippen LogP contribution in [0.15, 0.2) is 42.5 Å². The Morgan fingerprint density at radius 1 is 1.14 bits per heavy atom. The smallest absolute Gasteiger partial charge is 0.226 e. The largest absolute Gasteiger partial charge is 0.497 e. The van der Waals surface area contributed by atoms with Gasteiger partial charge in [-0.3, -0.25) is 4.79 Å². The lowest BCUT2D eigenvalue weighted by molar-refractivity contribution is -0.115. The van der Waals surface area contributed by atoms with Gasteiger partial charge >= 0.3 is 0 Å². The Morgan fingerprint density at radius 2 is 1.95 bits per heavy atom. The second kappa shape index (κ2) is 7.50. The molecule has 0 aliphatic heterocycles. The quantitative estimate of drug-likeness (QED) is 0.854. The molecule has 22 heavy (non-hydrogen) atoms. The Hall–Kier alpha value is -2.49. The van der Waals surface area contributed by atoms with Gasteiger partial charge in [-0.15, -0.1) is 0 Å². The number of nitrogens with one attached hydrogen (secondary N) is 2. The molecular formula is C18H22N2O2. The minimum atomic E-state index is 0.00218. The van der Waals surface area contributed by atoms with Crippen molar-refractivity contribution < 1.29 is 9.53 Å². The molecule has 0 spiro atoms. The van der Waals surface area contributed by atoms with Crippen LogP contribution in [0.4, 0.5) is 11.4 Å². The van der Waals surface area contributed by atoms with Crippen LogP contribution in [0.3, 0.4) is 0 Å². The van der Waals surface area contributed by atoms with Crippen molar-refractivity contribution in [2.45, 2.75) is 20.3 Å². The summed E-state index contributed by atoms with van der Waals surface area (Å²) in [5, 5.41) is 6.16. The number of methoxy groups -OCH3 is 1. The van der Waals surface area contributed by atoms with E-state index in [1.807, 2.05) is 50.2 Å². The molecular weight excluding hydrogens is 276 g/mol. The Bertz CT molecular complexity index is 653. The van der Waals surface area contributed by atoms with Crippen LogP contribution in [0, 0.1) is 13.8 Å². The van der Waals surface area contributed by atoms with Gasteiger partial charge in [0.25, 0.3) is 0 Å². The predicted octanol–water partition coefficient (Wildman–Crippen LogP) is 3.75. The number of amides is 1. The summed E-state index contributed by atoms with van der Waals surface area (Å²) in [7, 11) is 1.64. The maximum Gasteiger partial charge on any atom is 0.226 e. The van der Waals surface area contributed by atoms with Gasteiger partial charge in [0.15, 0.2) is 0 Å². The number of carbonyl (C=O) groups excluding carboxylic acids is 1. The molecule has 0 bridgehead atoms. The third kappa shape index (κ3) is 4.52. The van der Waals surface area contributed by atoms with Crippen molar-refractivity contribution in [1.82, 2.24) is 0 Å². The SMILES string of the molecule is COc1cccc(NCCC(=O)Nc2ccc(C)cc2C)c1. The lowest BCUT2D eigenvalue weighted by Gasteiger charge is -2.10. The Morgan fingerprint density at radius 3 is 2.68 bits per heavy atom. The summed E-state index contributed by atoms with van der Waals surface area (Å²) in [5.74, 6) is 0.798. The first-order valence-corrected chi connectivity index (χ1v) is 7.33. The lowest BCUT2D eigenvalue weighted by Crippen LogP contribution is -2.16. The van der Waals surface area contributed by atoms with Crippen molar-refractivity contribution in [2.75, 3.05) is 24.3 Å². The van der Waals surface area contributed by atoms with Crippen molar-refractivity contribution in [1.29, 1.82) is 0 Å². The molecule has 0 atom stereocenters. The van der Waals surface area contributed by atoms with Crippen LogP contribution in [0.25, 0.3) is 0 Å². The molecule has 0 saturated heterocycles. The van der Waals surface area contributed by atoms with E-state index in [9.17, 15) is 4.79 Å². The van der Waals surface area contributed by atoms with Gasteiger partial charge in [0.2, 0.25) is 5.91 Å². The molecule has 0 fully saturated rings. The van der Waals surface area contributed by atoms with Gasteiger partial charge in [0, 0.05) is 30.4 Å². The molecule has 4 nitrogen and oxygen atoms in total. The second-order valence-corrected chi connectivity index (χ2v) is 5.28. The van der Waals surface area contributed by atoms with E-state index in [1.165, 1.54) is 5.56 Å². The minimum Gasteiger partial charge on any atom is -0.497 e. The van der Waals surface area contributed by atoms with Gasteiger partial charge < -0.3 is 15.4 Å². The van der Waals surface area contributed by atoms with Gasteiger partial charge in [-0.05, 0) is 37.6 Å². The Kier molecular flexibility index (Phi) is 5.42. The predicted molar refractivity (Wildman–Crippen MR) is 90.6 cm³/mol. The number of anilines is 2. The Labute approximate surface area is 131 Å². The highest BCUT2D eigenvalue weighted by atomic mass is 16.5. The van der Waals surface area contributed by atoms with Gasteiger partial charge in [0.1, 0.15) is 5.75 Å². The molecule has 4 heteroatoms. The van der Waals surface area contributed by atoms with Crippen LogP contribution >= 0.6 is 0 Å². The summed E-state index contributed by atoms with van der Waals surface area (Å²) in [6.07, 6.45) is 0.407. The summed E-state index contributed by atoms with van der Waals surface area (Å²) in [5.41, 5.74) is 4.08. The van der Waals surface area contributed by atoms with Crippen LogP contribution in [-0.4, -0.2) is 19.6 Å². The third-order valence-electron chi connectivity index (χ3n) is 3.41. The lowest BCUT2D eigenvalue weighted by atomic mass is 10.1. The zero-order valence-corrected chi connectivity index (χ0v) is 13.3. The highest BCUT2D eigenvalue weighted by Crippen LogP contribution is 2.17. The average molecular weight is 298 g/mol. The highest BCUT2D eigenvalue weighted by molar-refractivity contribution is 5.91. The van der Waals surface area contributed by atoms with Gasteiger partial charge in [0.05, 0.1) is 7.11 Å². The maximum absolute atomic E-state index is 12.0. The molecule has 0 aliphatic carbocycles. The number of hydrogen-bond donors (Lipinski definition) is 2. The summed E-state index contributed by atoms with van der Waals surface area (Å²) in [6.45, 7) is 4.61. The normalized spacial score (nSPS) is 10.1. The fourth-order valence-corrected chi connectivity index (χ4v) is 2.22. The number of ether oxygens (including phenoxy) is 1. The topological polar surface area (TPSA) is 50.4 Å². The zero-order valence-electron chi connectivity index (χ0n) is 13.3. The first kappa shape index (κ1) is 15.9. The van der Waals surface area contributed by atoms with Crippen molar-refractivity contribution in [3.05, 3.63) is 53.6 Å². The van der Waals surface area contributed by atoms with E-state index in [0.29, 0.717) is 13.0 Å². The van der Waals surface area contributed by atoms with E-state index >= 15 is 0 Å². The zero-order chi connectivity index (χ0) is 15.9.